The lowest BCUT2D eigenvalue weighted by Crippen LogP contribution is -2.23. The number of nitrogens with zero attached hydrogens (tertiary/aromatic N) is 4. The van der Waals surface area contributed by atoms with Gasteiger partial charge >= 0.3 is 0 Å². The van der Waals surface area contributed by atoms with Gasteiger partial charge in [0.05, 0.1) is 37.7 Å². The molecule has 1 aliphatic rings. The van der Waals surface area contributed by atoms with Gasteiger partial charge in [0.25, 0.3) is 11.8 Å². The van der Waals surface area contributed by atoms with Crippen LogP contribution in [0.15, 0.2) is 42.7 Å². The quantitative estimate of drug-likeness (QED) is 0.710. The molecule has 1 aliphatic heterocycles. The Bertz CT molecular complexity index is 1040. The zero-order valence-corrected chi connectivity index (χ0v) is 15.3. The van der Waals surface area contributed by atoms with Crippen LogP contribution in [0.2, 0.25) is 0 Å². The number of rotatable bonds is 4. The molecular formula is C20H18N4O3. The van der Waals surface area contributed by atoms with Crippen molar-refractivity contribution in [2.45, 2.75) is 13.5 Å². The number of methoxy groups -OCH3 is 2. The van der Waals surface area contributed by atoms with E-state index in [0.29, 0.717) is 23.7 Å². The summed E-state index contributed by atoms with van der Waals surface area (Å²) < 4.78 is 10.5. The minimum Gasteiger partial charge on any atom is -0.491 e. The monoisotopic (exact) mass is 362 g/mol. The van der Waals surface area contributed by atoms with Gasteiger partial charge < -0.3 is 14.4 Å². The van der Waals surface area contributed by atoms with Crippen LogP contribution in [0.3, 0.4) is 0 Å². The maximum absolute atomic E-state index is 12.8. The van der Waals surface area contributed by atoms with Gasteiger partial charge in [0.2, 0.25) is 0 Å². The van der Waals surface area contributed by atoms with E-state index >= 15 is 0 Å². The fourth-order valence-electron chi connectivity index (χ4n) is 3.12. The standard InChI is InChI=1S/C20H18N4O3/c1-12-8-14(6-7-21-12)24-11-17-15(20(24)25)4-5-16(23-17)13-9-18(26-2)19(27-3)22-10-13/h4-10H,11H2,1-3H3. The van der Waals surface area contributed by atoms with Crippen molar-refractivity contribution in [2.24, 2.45) is 0 Å². The summed E-state index contributed by atoms with van der Waals surface area (Å²) in [5.41, 5.74) is 4.55. The van der Waals surface area contributed by atoms with Crippen molar-refractivity contribution in [3.63, 3.8) is 0 Å². The molecule has 4 heterocycles. The van der Waals surface area contributed by atoms with Gasteiger partial charge in [0.15, 0.2) is 5.75 Å². The lowest BCUT2D eigenvalue weighted by molar-refractivity contribution is 0.0996. The van der Waals surface area contributed by atoms with Crippen LogP contribution in [-0.4, -0.2) is 35.1 Å². The fourth-order valence-corrected chi connectivity index (χ4v) is 3.12. The van der Waals surface area contributed by atoms with Crippen LogP contribution in [0, 0.1) is 6.92 Å². The summed E-state index contributed by atoms with van der Waals surface area (Å²) in [7, 11) is 3.10. The Hall–Kier alpha value is -3.48. The van der Waals surface area contributed by atoms with Crippen LogP contribution in [-0.2, 0) is 6.54 Å². The van der Waals surface area contributed by atoms with E-state index in [1.54, 1.807) is 31.5 Å². The first-order valence-electron chi connectivity index (χ1n) is 8.43. The van der Waals surface area contributed by atoms with E-state index in [-0.39, 0.29) is 5.91 Å². The third-order valence-electron chi connectivity index (χ3n) is 4.48. The van der Waals surface area contributed by atoms with Gasteiger partial charge in [0, 0.05) is 29.3 Å². The molecule has 7 heteroatoms. The first-order valence-corrected chi connectivity index (χ1v) is 8.43. The van der Waals surface area contributed by atoms with E-state index in [1.165, 1.54) is 0 Å². The van der Waals surface area contributed by atoms with Gasteiger partial charge in [-0.2, -0.15) is 0 Å². The number of aromatic nitrogens is 3. The lowest BCUT2D eigenvalue weighted by Gasteiger charge is -2.15. The van der Waals surface area contributed by atoms with Crippen LogP contribution in [0.1, 0.15) is 21.7 Å². The Morgan fingerprint density at radius 3 is 2.67 bits per heavy atom. The molecule has 0 spiro atoms. The van der Waals surface area contributed by atoms with E-state index in [9.17, 15) is 4.79 Å². The number of hydrogen-bond acceptors (Lipinski definition) is 6. The van der Waals surface area contributed by atoms with Crippen LogP contribution in [0.5, 0.6) is 11.6 Å². The zero-order chi connectivity index (χ0) is 19.0. The number of anilines is 1. The van der Waals surface area contributed by atoms with Gasteiger partial charge in [-0.1, -0.05) is 0 Å². The Balaban J connectivity index is 1.69. The minimum atomic E-state index is -0.0555. The number of fused-ring (bicyclic) bond motifs is 1. The average Bonchev–Trinajstić information content (AvgIpc) is 3.03. The molecule has 1 amide bonds. The number of aryl methyl sites for hydroxylation is 1. The van der Waals surface area contributed by atoms with Gasteiger partial charge in [-0.05, 0) is 37.3 Å². The highest BCUT2D eigenvalue weighted by atomic mass is 16.5. The van der Waals surface area contributed by atoms with Gasteiger partial charge in [0.1, 0.15) is 0 Å². The maximum atomic E-state index is 12.8. The van der Waals surface area contributed by atoms with Crippen molar-refractivity contribution in [1.82, 2.24) is 15.0 Å². The zero-order valence-electron chi connectivity index (χ0n) is 15.3. The van der Waals surface area contributed by atoms with E-state index in [2.05, 4.69) is 15.0 Å². The largest absolute Gasteiger partial charge is 0.491 e. The van der Waals surface area contributed by atoms with Crippen LogP contribution in [0.25, 0.3) is 11.3 Å². The molecule has 0 unspecified atom stereocenters. The minimum absolute atomic E-state index is 0.0555. The van der Waals surface area contributed by atoms with Gasteiger partial charge in [-0.25, -0.2) is 4.98 Å². The second-order valence-corrected chi connectivity index (χ2v) is 6.17. The summed E-state index contributed by atoms with van der Waals surface area (Å²) in [6.45, 7) is 2.32. The number of amides is 1. The molecule has 27 heavy (non-hydrogen) atoms. The molecule has 0 saturated heterocycles. The van der Waals surface area contributed by atoms with E-state index < -0.39 is 0 Å². The van der Waals surface area contributed by atoms with Gasteiger partial charge in [-0.15, -0.1) is 0 Å². The summed E-state index contributed by atoms with van der Waals surface area (Å²) in [6, 6.07) is 9.17. The Morgan fingerprint density at radius 1 is 1.07 bits per heavy atom. The summed E-state index contributed by atoms with van der Waals surface area (Å²) in [5.74, 6) is 0.888. The smallest absolute Gasteiger partial charge is 0.260 e. The molecule has 0 radical (unpaired) electrons. The summed E-state index contributed by atoms with van der Waals surface area (Å²) in [4.78, 5) is 27.6. The summed E-state index contributed by atoms with van der Waals surface area (Å²) in [6.07, 6.45) is 3.38. The second kappa shape index (κ2) is 6.68. The molecule has 0 atom stereocenters. The molecule has 0 aromatic carbocycles. The molecule has 0 fully saturated rings. The molecule has 0 saturated carbocycles. The van der Waals surface area contributed by atoms with Gasteiger partial charge in [-0.3, -0.25) is 14.8 Å². The Morgan fingerprint density at radius 2 is 1.93 bits per heavy atom. The van der Waals surface area contributed by atoms with E-state index in [1.807, 2.05) is 37.3 Å². The number of hydrogen-bond donors (Lipinski definition) is 0. The van der Waals surface area contributed by atoms with Crippen molar-refractivity contribution in [2.75, 3.05) is 19.1 Å². The van der Waals surface area contributed by atoms with Crippen molar-refractivity contribution < 1.29 is 14.3 Å². The Labute approximate surface area is 156 Å². The average molecular weight is 362 g/mol. The maximum Gasteiger partial charge on any atom is 0.260 e. The molecule has 0 N–H and O–H groups in total. The third kappa shape index (κ3) is 2.97. The highest BCUT2D eigenvalue weighted by molar-refractivity contribution is 6.09. The third-order valence-corrected chi connectivity index (χ3v) is 4.48. The summed E-state index contributed by atoms with van der Waals surface area (Å²) >= 11 is 0. The lowest BCUT2D eigenvalue weighted by atomic mass is 10.1. The molecule has 4 rings (SSSR count). The van der Waals surface area contributed by atoms with Crippen molar-refractivity contribution in [3.8, 4) is 22.9 Å². The molecule has 3 aromatic rings. The summed E-state index contributed by atoms with van der Waals surface area (Å²) in [5, 5.41) is 0. The molecule has 0 bridgehead atoms. The fraction of sp³-hybridized carbons (Fsp3) is 0.200. The van der Waals surface area contributed by atoms with Crippen molar-refractivity contribution in [3.05, 3.63) is 59.7 Å². The van der Waals surface area contributed by atoms with E-state index in [4.69, 9.17) is 9.47 Å². The van der Waals surface area contributed by atoms with Crippen molar-refractivity contribution in [1.29, 1.82) is 0 Å². The number of carbonyl (C=O) groups excluding carboxylic acids is 1. The van der Waals surface area contributed by atoms with E-state index in [0.717, 1.165) is 28.3 Å². The molecule has 3 aromatic heterocycles. The number of pyridine rings is 3. The molecular weight excluding hydrogens is 344 g/mol. The molecule has 7 nitrogen and oxygen atoms in total. The molecule has 0 aliphatic carbocycles. The van der Waals surface area contributed by atoms with Crippen molar-refractivity contribution >= 4 is 11.6 Å². The predicted octanol–water partition coefficient (Wildman–Crippen LogP) is 3.02. The molecule has 136 valence electrons. The highest BCUT2D eigenvalue weighted by Crippen LogP contribution is 2.32. The topological polar surface area (TPSA) is 77.4 Å². The first-order chi connectivity index (χ1) is 13.1. The number of ether oxygens (including phenoxy) is 2. The van der Waals surface area contributed by atoms with Crippen LogP contribution in [0.4, 0.5) is 5.69 Å². The first kappa shape index (κ1) is 17.0. The van der Waals surface area contributed by atoms with Crippen LogP contribution < -0.4 is 14.4 Å². The normalized spacial score (nSPS) is 12.9. The van der Waals surface area contributed by atoms with Crippen LogP contribution >= 0.6 is 0 Å². The SMILES string of the molecule is COc1cc(-c2ccc3c(n2)CN(c2ccnc(C)c2)C3=O)cnc1OC. The second-order valence-electron chi connectivity index (χ2n) is 6.17. The Kier molecular flexibility index (Phi) is 4.19. The highest BCUT2D eigenvalue weighted by Gasteiger charge is 2.30. The number of carbonyl (C=O) groups is 1. The predicted molar refractivity (Wildman–Crippen MR) is 100 cm³/mol.